The number of amides is 2. The molecule has 5 rings (SSSR count). The average molecular weight is 478 g/mol. The maximum Gasteiger partial charge on any atom is 0.320 e. The molecular formula is C25H24ClN5OS. The normalized spacial score (nSPS) is 14.3. The summed E-state index contributed by atoms with van der Waals surface area (Å²) in [5, 5.41) is 2.00. The van der Waals surface area contributed by atoms with Crippen molar-refractivity contribution in [3.63, 3.8) is 0 Å². The van der Waals surface area contributed by atoms with E-state index in [0.29, 0.717) is 6.54 Å². The first-order valence-corrected chi connectivity index (χ1v) is 12.2. The lowest BCUT2D eigenvalue weighted by Gasteiger charge is -2.15. The van der Waals surface area contributed by atoms with Crippen LogP contribution in [0.15, 0.2) is 48.0 Å². The number of para-hydroxylation sites is 1. The molecule has 1 fully saturated rings. The lowest BCUT2D eigenvalue weighted by molar-refractivity contribution is 0.196. The van der Waals surface area contributed by atoms with Crippen molar-refractivity contribution in [2.45, 2.75) is 20.0 Å². The predicted molar refractivity (Wildman–Crippen MR) is 135 cm³/mol. The number of carbonyl (C=O) groups excluding carboxylic acids is 1. The molecule has 0 saturated carbocycles. The summed E-state index contributed by atoms with van der Waals surface area (Å²) in [5.74, 6) is 0.890. The third kappa shape index (κ3) is 4.14. The van der Waals surface area contributed by atoms with Crippen molar-refractivity contribution in [3.8, 4) is 11.1 Å². The Morgan fingerprint density at radius 3 is 2.67 bits per heavy atom. The summed E-state index contributed by atoms with van der Waals surface area (Å²) >= 11 is 7.95. The zero-order valence-electron chi connectivity index (χ0n) is 18.5. The number of benzene rings is 1. The fraction of sp³-hybridized carbons (Fsp3) is 0.240. The summed E-state index contributed by atoms with van der Waals surface area (Å²) in [6, 6.07) is 12.3. The molecule has 3 aromatic heterocycles. The number of urea groups is 1. The molecule has 0 bridgehead atoms. The molecular weight excluding hydrogens is 454 g/mol. The molecule has 1 saturated heterocycles. The van der Waals surface area contributed by atoms with Gasteiger partial charge < -0.3 is 14.4 Å². The highest BCUT2D eigenvalue weighted by molar-refractivity contribution is 7.15. The number of aromatic nitrogens is 3. The maximum atomic E-state index is 12.1. The Morgan fingerprint density at radius 1 is 1.12 bits per heavy atom. The summed E-state index contributed by atoms with van der Waals surface area (Å²) in [7, 11) is 1.82. The van der Waals surface area contributed by atoms with Crippen LogP contribution in [0.5, 0.6) is 0 Å². The number of imidazole rings is 1. The number of hydrogen-bond acceptors (Lipinski definition) is 4. The van der Waals surface area contributed by atoms with Gasteiger partial charge in [-0.2, -0.15) is 0 Å². The van der Waals surface area contributed by atoms with Crippen LogP contribution in [0, 0.1) is 0 Å². The van der Waals surface area contributed by atoms with E-state index in [9.17, 15) is 4.79 Å². The Hall–Kier alpha value is -3.16. The first-order chi connectivity index (χ1) is 16.0. The third-order valence-electron chi connectivity index (χ3n) is 5.96. The Balaban J connectivity index is 1.40. The van der Waals surface area contributed by atoms with E-state index in [0.717, 1.165) is 63.2 Å². The van der Waals surface area contributed by atoms with E-state index in [2.05, 4.69) is 34.7 Å². The topological polar surface area (TPSA) is 54.3 Å². The standard InChI is InChI=1S/C25H24ClN5OS/c1-3-31-21-6-4-5-19(20-11-14-33-24(20)26)23(21)28-22(31)10-8-17-7-9-18(27-15-17)16-30-13-12-29(2)25(30)32/h4-11,14-15H,3,12-13,16H2,1-2H3/b10-8+. The van der Waals surface area contributed by atoms with E-state index in [4.69, 9.17) is 16.6 Å². The number of hydrogen-bond donors (Lipinski definition) is 0. The highest BCUT2D eigenvalue weighted by Crippen LogP contribution is 2.36. The molecule has 0 spiro atoms. The van der Waals surface area contributed by atoms with Crippen LogP contribution in [-0.4, -0.2) is 50.5 Å². The van der Waals surface area contributed by atoms with E-state index in [1.54, 1.807) is 4.90 Å². The molecule has 0 aliphatic carbocycles. The number of likely N-dealkylation sites (N-methyl/N-ethyl adjacent to an activating group) is 1. The van der Waals surface area contributed by atoms with E-state index in [1.165, 1.54) is 11.3 Å². The van der Waals surface area contributed by atoms with Gasteiger partial charge in [-0.05, 0) is 48.2 Å². The number of carbonyl (C=O) groups is 1. The molecule has 1 aliphatic rings. The van der Waals surface area contributed by atoms with Crippen molar-refractivity contribution in [2.75, 3.05) is 20.1 Å². The smallest absolute Gasteiger partial charge is 0.320 e. The molecule has 4 aromatic rings. The minimum Gasteiger partial charge on any atom is -0.326 e. The summed E-state index contributed by atoms with van der Waals surface area (Å²) in [6.07, 6.45) is 5.89. The van der Waals surface area contributed by atoms with Gasteiger partial charge in [0.1, 0.15) is 10.2 Å². The number of nitrogens with zero attached hydrogens (tertiary/aromatic N) is 5. The predicted octanol–water partition coefficient (Wildman–Crippen LogP) is 5.87. The van der Waals surface area contributed by atoms with E-state index < -0.39 is 0 Å². The van der Waals surface area contributed by atoms with Crippen molar-refractivity contribution in [1.29, 1.82) is 0 Å². The number of thiophene rings is 1. The maximum absolute atomic E-state index is 12.1. The zero-order chi connectivity index (χ0) is 22.9. The fourth-order valence-corrected chi connectivity index (χ4v) is 5.12. The minimum atomic E-state index is 0.0577. The molecule has 0 atom stereocenters. The van der Waals surface area contributed by atoms with Crippen LogP contribution in [0.4, 0.5) is 4.79 Å². The zero-order valence-corrected chi connectivity index (χ0v) is 20.1. The molecule has 6 nitrogen and oxygen atoms in total. The number of rotatable bonds is 6. The Bertz CT molecular complexity index is 1340. The average Bonchev–Trinajstić information content (AvgIpc) is 3.51. The SMILES string of the molecule is CCn1c(/C=C/c2ccc(CN3CCN(C)C3=O)nc2)nc2c(-c3ccsc3Cl)cccc21. The van der Waals surface area contributed by atoms with Gasteiger partial charge in [0.25, 0.3) is 0 Å². The fourth-order valence-electron chi connectivity index (χ4n) is 4.17. The van der Waals surface area contributed by atoms with Crippen molar-refractivity contribution >= 4 is 52.2 Å². The molecule has 4 heterocycles. The van der Waals surface area contributed by atoms with Crippen molar-refractivity contribution in [3.05, 3.63) is 69.4 Å². The van der Waals surface area contributed by atoms with Crippen LogP contribution in [-0.2, 0) is 13.1 Å². The van der Waals surface area contributed by atoms with Crippen LogP contribution >= 0.6 is 22.9 Å². The van der Waals surface area contributed by atoms with Crippen LogP contribution in [0.3, 0.4) is 0 Å². The number of halogens is 1. The minimum absolute atomic E-state index is 0.0577. The second-order valence-corrected chi connectivity index (χ2v) is 9.56. The summed E-state index contributed by atoms with van der Waals surface area (Å²) in [5.41, 5.74) is 5.98. The summed E-state index contributed by atoms with van der Waals surface area (Å²) < 4.78 is 2.98. The van der Waals surface area contributed by atoms with E-state index in [-0.39, 0.29) is 6.03 Å². The Labute approximate surface area is 201 Å². The lowest BCUT2D eigenvalue weighted by atomic mass is 10.1. The first-order valence-electron chi connectivity index (χ1n) is 10.9. The quantitative estimate of drug-likeness (QED) is 0.349. The van der Waals surface area contributed by atoms with Crippen molar-refractivity contribution < 1.29 is 4.79 Å². The number of pyridine rings is 1. The van der Waals surface area contributed by atoms with Gasteiger partial charge in [-0.25, -0.2) is 9.78 Å². The van der Waals surface area contributed by atoms with Gasteiger partial charge in [-0.1, -0.05) is 29.8 Å². The van der Waals surface area contributed by atoms with Gasteiger partial charge in [0.15, 0.2) is 0 Å². The highest BCUT2D eigenvalue weighted by Gasteiger charge is 2.25. The Morgan fingerprint density at radius 2 is 2.00 bits per heavy atom. The highest BCUT2D eigenvalue weighted by atomic mass is 35.5. The van der Waals surface area contributed by atoms with E-state index in [1.807, 2.05) is 53.9 Å². The molecule has 2 amide bonds. The molecule has 8 heteroatoms. The van der Waals surface area contributed by atoms with Gasteiger partial charge in [-0.15, -0.1) is 11.3 Å². The van der Waals surface area contributed by atoms with Crippen LogP contribution < -0.4 is 0 Å². The second-order valence-electron chi connectivity index (χ2n) is 8.04. The van der Waals surface area contributed by atoms with Gasteiger partial charge in [0.2, 0.25) is 0 Å². The van der Waals surface area contributed by atoms with Crippen LogP contribution in [0.2, 0.25) is 4.34 Å². The molecule has 1 aliphatic heterocycles. The number of aryl methyl sites for hydroxylation is 1. The first kappa shape index (κ1) is 21.7. The van der Waals surface area contributed by atoms with Crippen molar-refractivity contribution in [1.82, 2.24) is 24.3 Å². The van der Waals surface area contributed by atoms with Crippen molar-refractivity contribution in [2.24, 2.45) is 0 Å². The molecule has 168 valence electrons. The van der Waals surface area contributed by atoms with Crippen LogP contribution in [0.1, 0.15) is 24.0 Å². The molecule has 33 heavy (non-hydrogen) atoms. The van der Waals surface area contributed by atoms with Gasteiger partial charge in [0, 0.05) is 44.0 Å². The number of fused-ring (bicyclic) bond motifs is 1. The summed E-state index contributed by atoms with van der Waals surface area (Å²) in [6.45, 7) is 4.97. The van der Waals surface area contributed by atoms with Gasteiger partial charge in [0.05, 0.1) is 23.3 Å². The molecule has 1 aromatic carbocycles. The van der Waals surface area contributed by atoms with Gasteiger partial charge >= 0.3 is 6.03 Å². The molecule has 0 radical (unpaired) electrons. The van der Waals surface area contributed by atoms with Gasteiger partial charge in [-0.3, -0.25) is 4.98 Å². The molecule has 0 N–H and O–H groups in total. The monoisotopic (exact) mass is 477 g/mol. The summed E-state index contributed by atoms with van der Waals surface area (Å²) in [4.78, 5) is 25.1. The van der Waals surface area contributed by atoms with E-state index >= 15 is 0 Å². The second kappa shape index (κ2) is 9.00. The Kier molecular flexibility index (Phi) is 5.91. The third-order valence-corrected chi connectivity index (χ3v) is 7.13. The molecule has 0 unspecified atom stereocenters. The largest absolute Gasteiger partial charge is 0.326 e. The van der Waals surface area contributed by atoms with Crippen LogP contribution in [0.25, 0.3) is 34.3 Å². The lowest BCUT2D eigenvalue weighted by Crippen LogP contribution is -2.29.